The van der Waals surface area contributed by atoms with Crippen molar-refractivity contribution in [3.05, 3.63) is 15.9 Å². The van der Waals surface area contributed by atoms with Gasteiger partial charge in [0.15, 0.2) is 0 Å². The Morgan fingerprint density at radius 1 is 1.29 bits per heavy atom. The molecule has 116 valence electrons. The summed E-state index contributed by atoms with van der Waals surface area (Å²) in [5.74, 6) is 0.932. The summed E-state index contributed by atoms with van der Waals surface area (Å²) in [6, 6.07) is 0.233. The predicted molar refractivity (Wildman–Crippen MR) is 79.8 cm³/mol. The van der Waals surface area contributed by atoms with Gasteiger partial charge in [-0.25, -0.2) is 4.98 Å². The van der Waals surface area contributed by atoms with Gasteiger partial charge in [0.25, 0.3) is 5.88 Å². The number of ether oxygens (including phenoxy) is 1. The topological polar surface area (TPSA) is 90.2 Å². The summed E-state index contributed by atoms with van der Waals surface area (Å²) in [4.78, 5) is 19.4. The number of nitrogens with one attached hydrogen (secondary N) is 1. The molecule has 0 atom stereocenters. The number of aromatic nitrogens is 2. The highest BCUT2D eigenvalue weighted by atomic mass is 16.6. The van der Waals surface area contributed by atoms with E-state index in [1.807, 2.05) is 13.8 Å². The smallest absolute Gasteiger partial charge is 0.372 e. The van der Waals surface area contributed by atoms with E-state index >= 15 is 0 Å². The van der Waals surface area contributed by atoms with Crippen molar-refractivity contribution < 1.29 is 9.66 Å². The van der Waals surface area contributed by atoms with Crippen LogP contribution in [0.2, 0.25) is 0 Å². The average molecular weight is 294 g/mol. The van der Waals surface area contributed by atoms with Gasteiger partial charge >= 0.3 is 5.69 Å². The third-order valence-electron chi connectivity index (χ3n) is 3.71. The molecule has 0 spiro atoms. The fourth-order valence-electron chi connectivity index (χ4n) is 2.56. The average Bonchev–Trinajstić information content (AvgIpc) is 2.47. The maximum absolute atomic E-state index is 11.3. The summed E-state index contributed by atoms with van der Waals surface area (Å²) in [5, 5.41) is 14.6. The minimum Gasteiger partial charge on any atom is -0.476 e. The van der Waals surface area contributed by atoms with Crippen LogP contribution in [0.25, 0.3) is 0 Å². The lowest BCUT2D eigenvalue weighted by Crippen LogP contribution is -2.24. The second-order valence-electron chi connectivity index (χ2n) is 5.68. The van der Waals surface area contributed by atoms with Gasteiger partial charge < -0.3 is 10.1 Å². The van der Waals surface area contributed by atoms with Gasteiger partial charge in [-0.15, -0.1) is 0 Å². The lowest BCUT2D eigenvalue weighted by atomic mass is 9.95. The number of hydrogen-bond acceptors (Lipinski definition) is 6. The van der Waals surface area contributed by atoms with Crippen molar-refractivity contribution in [2.24, 2.45) is 0 Å². The number of nitro groups is 1. The fraction of sp³-hybridized carbons (Fsp3) is 0.714. The van der Waals surface area contributed by atoms with Crippen molar-refractivity contribution >= 4 is 11.5 Å². The Balaban J connectivity index is 2.39. The number of nitrogens with zero attached hydrogens (tertiary/aromatic N) is 3. The van der Waals surface area contributed by atoms with Crippen molar-refractivity contribution in [3.8, 4) is 5.88 Å². The van der Waals surface area contributed by atoms with E-state index in [9.17, 15) is 10.1 Å². The van der Waals surface area contributed by atoms with Crippen LogP contribution in [0.4, 0.5) is 11.5 Å². The van der Waals surface area contributed by atoms with Crippen molar-refractivity contribution in [3.63, 3.8) is 0 Å². The molecule has 2 rings (SSSR count). The first-order valence-electron chi connectivity index (χ1n) is 7.39. The highest BCUT2D eigenvalue weighted by Gasteiger charge is 2.28. The Morgan fingerprint density at radius 2 is 1.95 bits per heavy atom. The maximum Gasteiger partial charge on any atom is 0.372 e. The van der Waals surface area contributed by atoms with Crippen LogP contribution < -0.4 is 10.1 Å². The minimum absolute atomic E-state index is 0.0250. The molecule has 1 N–H and O–H groups in total. The molecule has 21 heavy (non-hydrogen) atoms. The van der Waals surface area contributed by atoms with E-state index in [0.29, 0.717) is 5.82 Å². The molecule has 1 aromatic heterocycles. The number of hydrogen-bond donors (Lipinski definition) is 1. The minimum atomic E-state index is -0.478. The number of methoxy groups -OCH3 is 1. The first-order valence-corrected chi connectivity index (χ1v) is 7.39. The van der Waals surface area contributed by atoms with E-state index in [2.05, 4.69) is 15.3 Å². The molecule has 1 heterocycles. The standard InChI is InChI=1S/C14H22N4O3/c1-9(2)12-16-13(15-10-7-5-4-6-8-10)11(18(19)20)14(17-12)21-3/h9-10H,4-8H2,1-3H3,(H,15,16,17). The van der Waals surface area contributed by atoms with Crippen LogP contribution >= 0.6 is 0 Å². The molecule has 0 bridgehead atoms. The molecule has 0 aromatic carbocycles. The molecular formula is C14H22N4O3. The zero-order valence-electron chi connectivity index (χ0n) is 12.8. The molecule has 1 aliphatic rings. The summed E-state index contributed by atoms with van der Waals surface area (Å²) >= 11 is 0. The predicted octanol–water partition coefficient (Wildman–Crippen LogP) is 3.26. The molecule has 1 aliphatic carbocycles. The normalized spacial score (nSPS) is 16.0. The Kier molecular flexibility index (Phi) is 4.93. The van der Waals surface area contributed by atoms with Crippen LogP contribution in [0.15, 0.2) is 0 Å². The lowest BCUT2D eigenvalue weighted by molar-refractivity contribution is -0.385. The third-order valence-corrected chi connectivity index (χ3v) is 3.71. The molecule has 1 fully saturated rings. The van der Waals surface area contributed by atoms with Crippen molar-refractivity contribution in [2.75, 3.05) is 12.4 Å². The monoisotopic (exact) mass is 294 g/mol. The van der Waals surface area contributed by atoms with Gasteiger partial charge in [0.2, 0.25) is 5.82 Å². The van der Waals surface area contributed by atoms with Gasteiger partial charge in [0.1, 0.15) is 5.82 Å². The van der Waals surface area contributed by atoms with E-state index in [1.54, 1.807) is 0 Å². The first-order chi connectivity index (χ1) is 10.0. The van der Waals surface area contributed by atoms with Crippen molar-refractivity contribution in [1.82, 2.24) is 9.97 Å². The van der Waals surface area contributed by atoms with Crippen LogP contribution in [0.1, 0.15) is 57.7 Å². The van der Waals surface area contributed by atoms with Gasteiger partial charge in [-0.1, -0.05) is 33.1 Å². The molecule has 0 radical (unpaired) electrons. The molecule has 0 aliphatic heterocycles. The Morgan fingerprint density at radius 3 is 2.48 bits per heavy atom. The lowest BCUT2D eigenvalue weighted by Gasteiger charge is -2.23. The SMILES string of the molecule is COc1nc(C(C)C)nc(NC2CCCCC2)c1[N+](=O)[O-]. The van der Waals surface area contributed by atoms with Gasteiger partial charge in [-0.2, -0.15) is 4.98 Å². The van der Waals surface area contributed by atoms with Crippen LogP contribution in [0.3, 0.4) is 0 Å². The largest absolute Gasteiger partial charge is 0.476 e. The Hall–Kier alpha value is -1.92. The molecule has 0 amide bonds. The molecule has 1 saturated carbocycles. The Bertz CT molecular complexity index is 513. The van der Waals surface area contributed by atoms with Crippen LogP contribution in [-0.4, -0.2) is 28.0 Å². The second kappa shape index (κ2) is 6.69. The summed E-state index contributed by atoms with van der Waals surface area (Å²) < 4.78 is 5.09. The zero-order valence-corrected chi connectivity index (χ0v) is 12.8. The molecule has 7 heteroatoms. The van der Waals surface area contributed by atoms with E-state index in [4.69, 9.17) is 4.74 Å². The summed E-state index contributed by atoms with van der Waals surface area (Å²) in [6.07, 6.45) is 5.54. The fourth-order valence-corrected chi connectivity index (χ4v) is 2.56. The van der Waals surface area contributed by atoms with Crippen LogP contribution in [0, 0.1) is 10.1 Å². The molecule has 0 unspecified atom stereocenters. The van der Waals surface area contributed by atoms with Crippen LogP contribution in [-0.2, 0) is 0 Å². The second-order valence-corrected chi connectivity index (χ2v) is 5.68. The third kappa shape index (κ3) is 3.59. The summed E-state index contributed by atoms with van der Waals surface area (Å²) in [6.45, 7) is 3.90. The van der Waals surface area contributed by atoms with Crippen LogP contribution in [0.5, 0.6) is 5.88 Å². The van der Waals surface area contributed by atoms with Crippen molar-refractivity contribution in [1.29, 1.82) is 0 Å². The first kappa shape index (κ1) is 15.5. The number of rotatable bonds is 5. The van der Waals surface area contributed by atoms with Gasteiger partial charge in [-0.3, -0.25) is 10.1 Å². The van der Waals surface area contributed by atoms with E-state index in [-0.39, 0.29) is 29.3 Å². The quantitative estimate of drug-likeness (QED) is 0.662. The van der Waals surface area contributed by atoms with Gasteiger partial charge in [0, 0.05) is 12.0 Å². The van der Waals surface area contributed by atoms with Crippen molar-refractivity contribution in [2.45, 2.75) is 57.9 Å². The highest BCUT2D eigenvalue weighted by molar-refractivity contribution is 5.62. The van der Waals surface area contributed by atoms with E-state index in [1.165, 1.54) is 13.5 Å². The molecular weight excluding hydrogens is 272 g/mol. The maximum atomic E-state index is 11.3. The van der Waals surface area contributed by atoms with Gasteiger partial charge in [-0.05, 0) is 12.8 Å². The molecule has 1 aromatic rings. The highest BCUT2D eigenvalue weighted by Crippen LogP contribution is 2.34. The molecule has 0 saturated heterocycles. The summed E-state index contributed by atoms with van der Waals surface area (Å²) in [7, 11) is 1.39. The summed E-state index contributed by atoms with van der Waals surface area (Å²) in [5.41, 5.74) is -0.174. The number of anilines is 1. The zero-order chi connectivity index (χ0) is 15.4. The van der Waals surface area contributed by atoms with E-state index in [0.717, 1.165) is 25.7 Å². The molecule has 7 nitrogen and oxygen atoms in total. The Labute approximate surface area is 124 Å². The van der Waals surface area contributed by atoms with E-state index < -0.39 is 4.92 Å². The van der Waals surface area contributed by atoms with Gasteiger partial charge in [0.05, 0.1) is 12.0 Å².